The first-order valence-electron chi connectivity index (χ1n) is 6.34. The van der Waals surface area contributed by atoms with E-state index in [9.17, 15) is 0 Å². The van der Waals surface area contributed by atoms with Crippen molar-refractivity contribution in [2.45, 2.75) is 45.1 Å². The molecule has 82 valence electrons. The van der Waals surface area contributed by atoms with E-state index in [1.165, 1.54) is 58.3 Å². The maximum Gasteiger partial charge on any atom is 0.0195 e. The summed E-state index contributed by atoms with van der Waals surface area (Å²) in [5, 5.41) is 3.65. The van der Waals surface area contributed by atoms with Gasteiger partial charge in [-0.1, -0.05) is 6.92 Å². The highest BCUT2D eigenvalue weighted by molar-refractivity contribution is 4.83. The first kappa shape index (κ1) is 10.4. The predicted octanol–water partition coefficient (Wildman–Crippen LogP) is 1.86. The van der Waals surface area contributed by atoms with Crippen molar-refractivity contribution in [2.75, 3.05) is 26.2 Å². The number of nitrogens with one attached hydrogen (secondary N) is 1. The molecule has 1 unspecified atom stereocenters. The van der Waals surface area contributed by atoms with Gasteiger partial charge in [0.15, 0.2) is 0 Å². The summed E-state index contributed by atoms with van der Waals surface area (Å²) < 4.78 is 0. The summed E-state index contributed by atoms with van der Waals surface area (Å²) in [6, 6.07) is 0.780. The van der Waals surface area contributed by atoms with Crippen LogP contribution in [-0.2, 0) is 0 Å². The normalized spacial score (nSPS) is 29.4. The molecule has 0 amide bonds. The van der Waals surface area contributed by atoms with Gasteiger partial charge in [0.25, 0.3) is 0 Å². The van der Waals surface area contributed by atoms with E-state index in [1.54, 1.807) is 0 Å². The second kappa shape index (κ2) is 5.13. The molecule has 2 aliphatic rings. The quantitative estimate of drug-likeness (QED) is 0.722. The Kier molecular flexibility index (Phi) is 3.82. The van der Waals surface area contributed by atoms with E-state index in [-0.39, 0.29) is 0 Å². The van der Waals surface area contributed by atoms with E-state index >= 15 is 0 Å². The van der Waals surface area contributed by atoms with Gasteiger partial charge in [0.05, 0.1) is 0 Å². The third kappa shape index (κ3) is 3.25. The van der Waals surface area contributed by atoms with Crippen LogP contribution in [0.3, 0.4) is 0 Å². The van der Waals surface area contributed by atoms with Crippen LogP contribution in [0.15, 0.2) is 0 Å². The molecule has 0 bridgehead atoms. The van der Waals surface area contributed by atoms with Gasteiger partial charge in [-0.2, -0.15) is 0 Å². The lowest BCUT2D eigenvalue weighted by molar-refractivity contribution is 0.184. The molecular weight excluding hydrogens is 172 g/mol. The molecule has 2 heteroatoms. The van der Waals surface area contributed by atoms with Crippen LogP contribution in [0.2, 0.25) is 0 Å². The summed E-state index contributed by atoms with van der Waals surface area (Å²) in [6.45, 7) is 7.47. The van der Waals surface area contributed by atoms with E-state index < -0.39 is 0 Å². The highest BCUT2D eigenvalue weighted by Gasteiger charge is 2.27. The Bertz CT molecular complexity index is 166. The van der Waals surface area contributed by atoms with Crippen LogP contribution in [0.25, 0.3) is 0 Å². The molecule has 1 heterocycles. The summed E-state index contributed by atoms with van der Waals surface area (Å²) in [5.74, 6) is 1.06. The molecule has 0 radical (unpaired) electrons. The van der Waals surface area contributed by atoms with Crippen molar-refractivity contribution in [3.63, 3.8) is 0 Å². The molecule has 1 aliphatic heterocycles. The molecule has 2 fully saturated rings. The minimum Gasteiger partial charge on any atom is -0.313 e. The second-order valence-corrected chi connectivity index (χ2v) is 5.00. The third-order valence-corrected chi connectivity index (χ3v) is 3.40. The Morgan fingerprint density at radius 3 is 2.86 bits per heavy atom. The number of likely N-dealkylation sites (tertiary alicyclic amines) is 1. The van der Waals surface area contributed by atoms with Crippen LogP contribution in [0.5, 0.6) is 0 Å². The molecule has 1 atom stereocenters. The molecule has 0 aromatic heterocycles. The SMILES string of the molecule is CCCNC1CCCN(CC2CC2)C1. The Morgan fingerprint density at radius 1 is 1.29 bits per heavy atom. The van der Waals surface area contributed by atoms with Gasteiger partial charge < -0.3 is 10.2 Å². The van der Waals surface area contributed by atoms with Gasteiger partial charge >= 0.3 is 0 Å². The van der Waals surface area contributed by atoms with Gasteiger partial charge in [0.2, 0.25) is 0 Å². The maximum absolute atomic E-state index is 3.65. The Balaban J connectivity index is 1.66. The summed E-state index contributed by atoms with van der Waals surface area (Å²) in [7, 11) is 0. The van der Waals surface area contributed by atoms with Crippen molar-refractivity contribution in [2.24, 2.45) is 5.92 Å². The van der Waals surface area contributed by atoms with Crippen LogP contribution in [0.4, 0.5) is 0 Å². The minimum atomic E-state index is 0.780. The zero-order chi connectivity index (χ0) is 9.80. The van der Waals surface area contributed by atoms with Crippen LogP contribution in [0.1, 0.15) is 39.0 Å². The monoisotopic (exact) mass is 196 g/mol. The van der Waals surface area contributed by atoms with E-state index in [0.29, 0.717) is 0 Å². The fraction of sp³-hybridized carbons (Fsp3) is 1.00. The molecule has 0 spiro atoms. The molecule has 1 N–H and O–H groups in total. The Labute approximate surface area is 88.1 Å². The molecule has 0 aromatic carbocycles. The standard InChI is InChI=1S/C12H24N2/c1-2-7-13-12-4-3-8-14(10-12)9-11-5-6-11/h11-13H,2-10H2,1H3. The average molecular weight is 196 g/mol. The highest BCUT2D eigenvalue weighted by Crippen LogP contribution is 2.30. The van der Waals surface area contributed by atoms with Gasteiger partial charge in [-0.3, -0.25) is 0 Å². The largest absolute Gasteiger partial charge is 0.313 e. The lowest BCUT2D eigenvalue weighted by atomic mass is 10.1. The van der Waals surface area contributed by atoms with Crippen LogP contribution < -0.4 is 5.32 Å². The van der Waals surface area contributed by atoms with Crippen molar-refractivity contribution >= 4 is 0 Å². The van der Waals surface area contributed by atoms with Crippen molar-refractivity contribution in [1.29, 1.82) is 0 Å². The van der Waals surface area contributed by atoms with Crippen molar-refractivity contribution in [1.82, 2.24) is 10.2 Å². The molecule has 0 aromatic rings. The maximum atomic E-state index is 3.65. The van der Waals surface area contributed by atoms with Crippen molar-refractivity contribution in [3.05, 3.63) is 0 Å². The fourth-order valence-electron chi connectivity index (χ4n) is 2.40. The van der Waals surface area contributed by atoms with E-state index in [1.807, 2.05) is 0 Å². The van der Waals surface area contributed by atoms with Crippen LogP contribution in [-0.4, -0.2) is 37.1 Å². The van der Waals surface area contributed by atoms with E-state index in [2.05, 4.69) is 17.1 Å². The Morgan fingerprint density at radius 2 is 2.14 bits per heavy atom. The first-order valence-corrected chi connectivity index (χ1v) is 6.34. The average Bonchev–Trinajstić information content (AvgIpc) is 2.99. The minimum absolute atomic E-state index is 0.780. The van der Waals surface area contributed by atoms with Gasteiger partial charge in [0, 0.05) is 19.1 Å². The molecule has 14 heavy (non-hydrogen) atoms. The number of rotatable bonds is 5. The molecular formula is C12H24N2. The van der Waals surface area contributed by atoms with Crippen LogP contribution in [0, 0.1) is 5.92 Å². The van der Waals surface area contributed by atoms with Crippen molar-refractivity contribution in [3.8, 4) is 0 Å². The number of hydrogen-bond donors (Lipinski definition) is 1. The number of hydrogen-bond acceptors (Lipinski definition) is 2. The molecule has 1 saturated heterocycles. The zero-order valence-electron chi connectivity index (χ0n) is 9.47. The molecule has 1 aliphatic carbocycles. The van der Waals surface area contributed by atoms with Crippen molar-refractivity contribution < 1.29 is 0 Å². The Hall–Kier alpha value is -0.0800. The second-order valence-electron chi connectivity index (χ2n) is 5.00. The first-order chi connectivity index (χ1) is 6.88. The fourth-order valence-corrected chi connectivity index (χ4v) is 2.40. The van der Waals surface area contributed by atoms with Crippen LogP contribution >= 0.6 is 0 Å². The number of piperidine rings is 1. The third-order valence-electron chi connectivity index (χ3n) is 3.40. The summed E-state index contributed by atoms with van der Waals surface area (Å²) in [5.41, 5.74) is 0. The van der Waals surface area contributed by atoms with E-state index in [0.717, 1.165) is 12.0 Å². The smallest absolute Gasteiger partial charge is 0.0195 e. The lowest BCUT2D eigenvalue weighted by Crippen LogP contribution is -2.46. The van der Waals surface area contributed by atoms with E-state index in [4.69, 9.17) is 0 Å². The van der Waals surface area contributed by atoms with Gasteiger partial charge in [-0.15, -0.1) is 0 Å². The van der Waals surface area contributed by atoms with Gasteiger partial charge in [-0.05, 0) is 51.1 Å². The zero-order valence-corrected chi connectivity index (χ0v) is 9.47. The highest BCUT2D eigenvalue weighted by atomic mass is 15.2. The molecule has 1 saturated carbocycles. The van der Waals surface area contributed by atoms with Gasteiger partial charge in [0.1, 0.15) is 0 Å². The van der Waals surface area contributed by atoms with Gasteiger partial charge in [-0.25, -0.2) is 0 Å². The topological polar surface area (TPSA) is 15.3 Å². The predicted molar refractivity (Wildman–Crippen MR) is 60.5 cm³/mol. The summed E-state index contributed by atoms with van der Waals surface area (Å²) >= 11 is 0. The molecule has 2 rings (SSSR count). The lowest BCUT2D eigenvalue weighted by Gasteiger charge is -2.33. The number of nitrogens with zero attached hydrogens (tertiary/aromatic N) is 1. The summed E-state index contributed by atoms with van der Waals surface area (Å²) in [6.07, 6.45) is 7.03. The molecule has 2 nitrogen and oxygen atoms in total. The summed E-state index contributed by atoms with van der Waals surface area (Å²) in [4.78, 5) is 2.68.